The molecule has 0 bridgehead atoms. The van der Waals surface area contributed by atoms with Gasteiger partial charge in [0.05, 0.1) is 7.11 Å². The number of aryl methyl sites for hydroxylation is 1. The van der Waals surface area contributed by atoms with Crippen molar-refractivity contribution < 1.29 is 4.74 Å². The molecule has 0 aliphatic heterocycles. The minimum atomic E-state index is 0.900. The topological polar surface area (TPSA) is 25.0 Å². The molecular formula is C11H13NO. The normalized spacial score (nSPS) is 10.6. The van der Waals surface area contributed by atoms with Crippen molar-refractivity contribution in [2.45, 2.75) is 13.3 Å². The van der Waals surface area contributed by atoms with Gasteiger partial charge in [0.15, 0.2) is 0 Å². The number of ether oxygens (including phenoxy) is 1. The SMILES string of the molecule is CCc1cc2ccc(OC)cc2[nH]1. The van der Waals surface area contributed by atoms with Crippen molar-refractivity contribution in [1.82, 2.24) is 4.98 Å². The van der Waals surface area contributed by atoms with Crippen LogP contribution >= 0.6 is 0 Å². The van der Waals surface area contributed by atoms with Crippen LogP contribution in [0.5, 0.6) is 5.75 Å². The van der Waals surface area contributed by atoms with Crippen molar-refractivity contribution in [2.75, 3.05) is 7.11 Å². The molecule has 1 N–H and O–H groups in total. The molecular weight excluding hydrogens is 162 g/mol. The van der Waals surface area contributed by atoms with Gasteiger partial charge >= 0.3 is 0 Å². The molecule has 0 unspecified atom stereocenters. The van der Waals surface area contributed by atoms with Crippen molar-refractivity contribution in [1.29, 1.82) is 0 Å². The van der Waals surface area contributed by atoms with E-state index in [9.17, 15) is 0 Å². The second-order valence-corrected chi connectivity index (χ2v) is 3.10. The van der Waals surface area contributed by atoms with Crippen molar-refractivity contribution in [3.8, 4) is 5.75 Å². The number of nitrogens with one attached hydrogen (secondary N) is 1. The molecule has 0 saturated carbocycles. The standard InChI is InChI=1S/C11H13NO/c1-3-9-6-8-4-5-10(13-2)7-11(8)12-9/h4-7,12H,3H2,1-2H3. The van der Waals surface area contributed by atoms with Gasteiger partial charge in [-0.15, -0.1) is 0 Å². The smallest absolute Gasteiger partial charge is 0.120 e. The maximum atomic E-state index is 5.15. The largest absolute Gasteiger partial charge is 0.497 e. The van der Waals surface area contributed by atoms with E-state index in [1.165, 1.54) is 11.1 Å². The van der Waals surface area contributed by atoms with Crippen LogP contribution in [0.15, 0.2) is 24.3 Å². The highest BCUT2D eigenvalue weighted by molar-refractivity contribution is 5.81. The van der Waals surface area contributed by atoms with Crippen LogP contribution < -0.4 is 4.74 Å². The van der Waals surface area contributed by atoms with Crippen molar-refractivity contribution in [3.05, 3.63) is 30.0 Å². The van der Waals surface area contributed by atoms with Gasteiger partial charge in [-0.2, -0.15) is 0 Å². The van der Waals surface area contributed by atoms with Crippen LogP contribution in [0, 0.1) is 0 Å². The Kier molecular flexibility index (Phi) is 1.97. The van der Waals surface area contributed by atoms with Crippen LogP contribution in [-0.2, 0) is 6.42 Å². The molecule has 2 aromatic rings. The number of H-pyrrole nitrogens is 1. The summed E-state index contributed by atoms with van der Waals surface area (Å²) in [6.07, 6.45) is 1.04. The quantitative estimate of drug-likeness (QED) is 0.745. The van der Waals surface area contributed by atoms with E-state index in [-0.39, 0.29) is 0 Å². The minimum absolute atomic E-state index is 0.900. The van der Waals surface area contributed by atoms with Crippen molar-refractivity contribution in [2.24, 2.45) is 0 Å². The molecule has 2 heteroatoms. The van der Waals surface area contributed by atoms with E-state index < -0.39 is 0 Å². The van der Waals surface area contributed by atoms with Crippen LogP contribution in [0.3, 0.4) is 0 Å². The van der Waals surface area contributed by atoms with E-state index in [4.69, 9.17) is 4.74 Å². The highest BCUT2D eigenvalue weighted by Crippen LogP contribution is 2.21. The summed E-state index contributed by atoms with van der Waals surface area (Å²) < 4.78 is 5.15. The zero-order chi connectivity index (χ0) is 9.26. The molecule has 13 heavy (non-hydrogen) atoms. The Morgan fingerprint density at radius 3 is 2.85 bits per heavy atom. The number of methoxy groups -OCH3 is 1. The molecule has 0 amide bonds. The monoisotopic (exact) mass is 175 g/mol. The van der Waals surface area contributed by atoms with Crippen LogP contribution in [0.1, 0.15) is 12.6 Å². The van der Waals surface area contributed by atoms with Gasteiger partial charge in [-0.3, -0.25) is 0 Å². The molecule has 0 aliphatic rings. The summed E-state index contributed by atoms with van der Waals surface area (Å²) in [5.41, 5.74) is 2.42. The minimum Gasteiger partial charge on any atom is -0.497 e. The maximum Gasteiger partial charge on any atom is 0.120 e. The fraction of sp³-hybridized carbons (Fsp3) is 0.273. The third-order valence-electron chi connectivity index (χ3n) is 2.27. The Morgan fingerprint density at radius 1 is 1.31 bits per heavy atom. The van der Waals surface area contributed by atoms with Crippen molar-refractivity contribution >= 4 is 10.9 Å². The summed E-state index contributed by atoms with van der Waals surface area (Å²) in [7, 11) is 1.69. The van der Waals surface area contributed by atoms with Gasteiger partial charge in [-0.05, 0) is 30.0 Å². The van der Waals surface area contributed by atoms with E-state index in [1.54, 1.807) is 7.11 Å². The fourth-order valence-corrected chi connectivity index (χ4v) is 1.48. The molecule has 68 valence electrons. The number of benzene rings is 1. The average molecular weight is 175 g/mol. The highest BCUT2D eigenvalue weighted by atomic mass is 16.5. The summed E-state index contributed by atoms with van der Waals surface area (Å²) >= 11 is 0. The van der Waals surface area contributed by atoms with E-state index >= 15 is 0 Å². The third-order valence-corrected chi connectivity index (χ3v) is 2.27. The number of aromatic amines is 1. The molecule has 0 spiro atoms. The molecule has 0 fully saturated rings. The van der Waals surface area contributed by atoms with Crippen molar-refractivity contribution in [3.63, 3.8) is 0 Å². The lowest BCUT2D eigenvalue weighted by atomic mass is 10.2. The first kappa shape index (κ1) is 8.17. The van der Waals surface area contributed by atoms with Crippen LogP contribution in [-0.4, -0.2) is 12.1 Å². The van der Waals surface area contributed by atoms with Gasteiger partial charge < -0.3 is 9.72 Å². The van der Waals surface area contributed by atoms with E-state index in [1.807, 2.05) is 12.1 Å². The molecule has 1 aromatic carbocycles. The van der Waals surface area contributed by atoms with Gasteiger partial charge in [0, 0.05) is 17.3 Å². The molecule has 2 rings (SSSR count). The van der Waals surface area contributed by atoms with E-state index in [2.05, 4.69) is 24.0 Å². The summed E-state index contributed by atoms with van der Waals surface area (Å²) in [5.74, 6) is 0.900. The van der Waals surface area contributed by atoms with Gasteiger partial charge in [0.2, 0.25) is 0 Å². The van der Waals surface area contributed by atoms with Crippen LogP contribution in [0.25, 0.3) is 10.9 Å². The first-order valence-corrected chi connectivity index (χ1v) is 4.49. The Hall–Kier alpha value is -1.44. The van der Waals surface area contributed by atoms with E-state index in [0.717, 1.165) is 17.7 Å². The summed E-state index contributed by atoms with van der Waals surface area (Å²) in [6, 6.07) is 8.25. The summed E-state index contributed by atoms with van der Waals surface area (Å²) in [6.45, 7) is 2.14. The first-order valence-electron chi connectivity index (χ1n) is 4.49. The molecule has 2 nitrogen and oxygen atoms in total. The molecule has 1 aromatic heterocycles. The molecule has 0 radical (unpaired) electrons. The zero-order valence-electron chi connectivity index (χ0n) is 7.92. The zero-order valence-corrected chi connectivity index (χ0v) is 7.92. The molecule has 0 aliphatic carbocycles. The maximum absolute atomic E-state index is 5.15. The van der Waals surface area contributed by atoms with Gasteiger partial charge in [0.25, 0.3) is 0 Å². The first-order chi connectivity index (χ1) is 6.33. The number of aromatic nitrogens is 1. The highest BCUT2D eigenvalue weighted by Gasteiger charge is 1.99. The van der Waals surface area contributed by atoms with E-state index in [0.29, 0.717) is 0 Å². The number of hydrogen-bond acceptors (Lipinski definition) is 1. The molecule has 0 saturated heterocycles. The Morgan fingerprint density at radius 2 is 2.15 bits per heavy atom. The van der Waals surface area contributed by atoms with Gasteiger partial charge in [0.1, 0.15) is 5.75 Å². The number of fused-ring (bicyclic) bond motifs is 1. The Bertz CT molecular complexity index is 415. The summed E-state index contributed by atoms with van der Waals surface area (Å²) in [4.78, 5) is 3.34. The second-order valence-electron chi connectivity index (χ2n) is 3.10. The van der Waals surface area contributed by atoms with Crippen LogP contribution in [0.4, 0.5) is 0 Å². The average Bonchev–Trinajstić information content (AvgIpc) is 2.58. The number of hydrogen-bond donors (Lipinski definition) is 1. The van der Waals surface area contributed by atoms with Gasteiger partial charge in [-0.25, -0.2) is 0 Å². The fourth-order valence-electron chi connectivity index (χ4n) is 1.48. The van der Waals surface area contributed by atoms with Gasteiger partial charge in [-0.1, -0.05) is 6.92 Å². The predicted octanol–water partition coefficient (Wildman–Crippen LogP) is 2.74. The Balaban J connectivity index is 2.57. The second kappa shape index (κ2) is 3.13. The summed E-state index contributed by atoms with van der Waals surface area (Å²) in [5, 5.41) is 1.25. The number of rotatable bonds is 2. The predicted molar refractivity (Wildman–Crippen MR) is 54.2 cm³/mol. The lowest BCUT2D eigenvalue weighted by Crippen LogP contribution is -1.81. The van der Waals surface area contributed by atoms with Crippen LogP contribution in [0.2, 0.25) is 0 Å². The lowest BCUT2D eigenvalue weighted by Gasteiger charge is -1.97. The molecule has 1 heterocycles. The molecule has 0 atom stereocenters. The Labute approximate surface area is 77.5 Å². The third kappa shape index (κ3) is 1.39. The lowest BCUT2D eigenvalue weighted by molar-refractivity contribution is 0.415.